The van der Waals surface area contributed by atoms with E-state index in [9.17, 15) is 4.79 Å². The average molecular weight is 744 g/mol. The molecule has 0 saturated heterocycles. The van der Waals surface area contributed by atoms with E-state index in [1.54, 1.807) is 19.1 Å². The Morgan fingerprint density at radius 3 is 1.65 bits per heavy atom. The molecule has 0 radical (unpaired) electrons. The number of carbonyl (C=O) groups is 1. The molecular formula is C51H85NO2. The maximum Gasteiger partial charge on any atom is 0.132 e. The van der Waals surface area contributed by atoms with Crippen LogP contribution in [0.5, 0.6) is 5.75 Å². The van der Waals surface area contributed by atoms with Crippen molar-refractivity contribution < 1.29 is 9.90 Å². The van der Waals surface area contributed by atoms with Crippen LogP contribution >= 0.6 is 0 Å². The van der Waals surface area contributed by atoms with Crippen LogP contribution in [0.15, 0.2) is 116 Å². The first-order chi connectivity index (χ1) is 25.5. The second-order valence-corrected chi connectivity index (χ2v) is 14.2. The van der Waals surface area contributed by atoms with Crippen molar-refractivity contribution in [3.05, 3.63) is 138 Å². The fraction of sp³-hybridized carbons (Fsp3) is 0.510. The van der Waals surface area contributed by atoms with Gasteiger partial charge in [-0.15, -0.1) is 19.7 Å². The normalized spacial score (nSPS) is 10.5. The van der Waals surface area contributed by atoms with Gasteiger partial charge in [0.05, 0.1) is 0 Å². The van der Waals surface area contributed by atoms with E-state index in [1.165, 1.54) is 52.7 Å². The SMILES string of the molecule is C=C(C)CC.C=C(C)CCCC.C=C[C@@H](C)Cc1ccc(O)cc1.CC.CC.CC(=O)C(C)Cc1ccccc1.Cc1cccc(CN(C)CC(C)C)c1. The van der Waals surface area contributed by atoms with E-state index < -0.39 is 0 Å². The highest BCUT2D eigenvalue weighted by Crippen LogP contribution is 2.14. The third-order valence-electron chi connectivity index (χ3n) is 7.75. The van der Waals surface area contributed by atoms with Gasteiger partial charge in [-0.05, 0) is 108 Å². The highest BCUT2D eigenvalue weighted by Gasteiger charge is 2.07. The van der Waals surface area contributed by atoms with Gasteiger partial charge in [0, 0.05) is 19.0 Å². The predicted octanol–water partition coefficient (Wildman–Crippen LogP) is 15.1. The van der Waals surface area contributed by atoms with Crippen LogP contribution in [0, 0.1) is 24.7 Å². The van der Waals surface area contributed by atoms with E-state index in [-0.39, 0.29) is 11.7 Å². The van der Waals surface area contributed by atoms with Gasteiger partial charge in [-0.2, -0.15) is 0 Å². The van der Waals surface area contributed by atoms with Gasteiger partial charge in [0.25, 0.3) is 0 Å². The summed E-state index contributed by atoms with van der Waals surface area (Å²) in [5.41, 5.74) is 7.79. The van der Waals surface area contributed by atoms with Crippen LogP contribution < -0.4 is 0 Å². The number of hydrogen-bond donors (Lipinski definition) is 1. The molecule has 1 N–H and O–H groups in total. The molecule has 0 heterocycles. The molecule has 0 fully saturated rings. The molecule has 0 aromatic heterocycles. The van der Waals surface area contributed by atoms with Crippen LogP contribution in [0.3, 0.4) is 0 Å². The van der Waals surface area contributed by atoms with Crippen molar-refractivity contribution in [1.29, 1.82) is 0 Å². The third kappa shape index (κ3) is 39.5. The topological polar surface area (TPSA) is 40.5 Å². The molecule has 0 bridgehead atoms. The Kier molecular flexibility index (Phi) is 41.2. The summed E-state index contributed by atoms with van der Waals surface area (Å²) in [5.74, 6) is 1.97. The van der Waals surface area contributed by atoms with E-state index in [0.29, 0.717) is 11.7 Å². The fourth-order valence-corrected chi connectivity index (χ4v) is 4.49. The van der Waals surface area contributed by atoms with Gasteiger partial charge in [0.2, 0.25) is 0 Å². The van der Waals surface area contributed by atoms with E-state index in [1.807, 2.05) is 78.0 Å². The molecule has 0 aliphatic rings. The second kappa shape index (κ2) is 39.0. The number of benzene rings is 3. The molecule has 3 aromatic carbocycles. The Balaban J connectivity index is -0.000000292. The number of ketones is 1. The molecular weight excluding hydrogens is 659 g/mol. The summed E-state index contributed by atoms with van der Waals surface area (Å²) in [7, 11) is 2.18. The zero-order chi connectivity index (χ0) is 42.5. The van der Waals surface area contributed by atoms with Gasteiger partial charge in [0.1, 0.15) is 11.5 Å². The maximum atomic E-state index is 10.9. The minimum absolute atomic E-state index is 0.146. The first kappa shape index (κ1) is 57.0. The van der Waals surface area contributed by atoms with E-state index in [4.69, 9.17) is 5.11 Å². The number of rotatable bonds is 14. The lowest BCUT2D eigenvalue weighted by Gasteiger charge is -2.19. The van der Waals surface area contributed by atoms with Crippen LogP contribution in [0.25, 0.3) is 0 Å². The zero-order valence-electron chi connectivity index (χ0n) is 37.9. The van der Waals surface area contributed by atoms with Gasteiger partial charge in [-0.3, -0.25) is 4.79 Å². The fourth-order valence-electron chi connectivity index (χ4n) is 4.49. The number of phenols is 1. The summed E-state index contributed by atoms with van der Waals surface area (Å²) < 4.78 is 0. The van der Waals surface area contributed by atoms with Crippen LogP contribution in [0.4, 0.5) is 0 Å². The van der Waals surface area contributed by atoms with E-state index in [0.717, 1.165) is 38.3 Å². The first-order valence-electron chi connectivity index (χ1n) is 20.5. The Hall–Kier alpha value is -3.69. The van der Waals surface area contributed by atoms with Gasteiger partial charge < -0.3 is 10.0 Å². The molecule has 2 atom stereocenters. The molecule has 3 nitrogen and oxygen atoms in total. The molecule has 0 aliphatic carbocycles. The third-order valence-corrected chi connectivity index (χ3v) is 7.75. The molecule has 0 saturated carbocycles. The Morgan fingerprint density at radius 2 is 1.26 bits per heavy atom. The monoisotopic (exact) mass is 744 g/mol. The van der Waals surface area contributed by atoms with Crippen LogP contribution in [0.2, 0.25) is 0 Å². The number of nitrogens with zero attached hydrogens (tertiary/aromatic N) is 1. The molecule has 3 rings (SSSR count). The molecule has 0 spiro atoms. The maximum absolute atomic E-state index is 10.9. The molecule has 306 valence electrons. The number of Topliss-reactive ketones (excluding diaryl/α,β-unsaturated/α-hetero) is 1. The smallest absolute Gasteiger partial charge is 0.132 e. The Morgan fingerprint density at radius 1 is 0.759 bits per heavy atom. The lowest BCUT2D eigenvalue weighted by molar-refractivity contribution is -0.120. The van der Waals surface area contributed by atoms with Crippen molar-refractivity contribution in [1.82, 2.24) is 4.90 Å². The van der Waals surface area contributed by atoms with Crippen LogP contribution in [-0.2, 0) is 24.2 Å². The lowest BCUT2D eigenvalue weighted by atomic mass is 9.98. The number of unbranched alkanes of at least 4 members (excludes halogenated alkanes) is 1. The van der Waals surface area contributed by atoms with Crippen molar-refractivity contribution in [2.24, 2.45) is 17.8 Å². The van der Waals surface area contributed by atoms with Gasteiger partial charge in [0.15, 0.2) is 0 Å². The molecule has 1 unspecified atom stereocenters. The molecule has 54 heavy (non-hydrogen) atoms. The van der Waals surface area contributed by atoms with Crippen molar-refractivity contribution in [3.63, 3.8) is 0 Å². The van der Waals surface area contributed by atoms with Crippen molar-refractivity contribution >= 4 is 5.78 Å². The number of allylic oxidation sites excluding steroid dienone is 3. The summed E-state index contributed by atoms with van der Waals surface area (Å²) >= 11 is 0. The predicted molar refractivity (Wildman–Crippen MR) is 246 cm³/mol. The number of carbonyl (C=O) groups excluding carboxylic acids is 1. The second-order valence-electron chi connectivity index (χ2n) is 14.2. The Labute approximate surface area is 336 Å². The highest BCUT2D eigenvalue weighted by atomic mass is 16.3. The van der Waals surface area contributed by atoms with E-state index >= 15 is 0 Å². The summed E-state index contributed by atoms with van der Waals surface area (Å²) in [6.45, 7) is 42.2. The van der Waals surface area contributed by atoms with Crippen molar-refractivity contribution in [3.8, 4) is 5.75 Å². The summed E-state index contributed by atoms with van der Waals surface area (Å²) in [6, 6.07) is 26.1. The number of aryl methyl sites for hydroxylation is 1. The number of hydrogen-bond acceptors (Lipinski definition) is 3. The summed E-state index contributed by atoms with van der Waals surface area (Å²) in [4.78, 5) is 13.3. The largest absolute Gasteiger partial charge is 0.508 e. The molecule has 3 heteroatoms. The molecule has 0 aliphatic heterocycles. The minimum atomic E-state index is 0.146. The highest BCUT2D eigenvalue weighted by molar-refractivity contribution is 5.78. The van der Waals surface area contributed by atoms with Gasteiger partial charge >= 0.3 is 0 Å². The van der Waals surface area contributed by atoms with E-state index in [2.05, 4.69) is 117 Å². The average Bonchev–Trinajstić information content (AvgIpc) is 3.14. The summed E-state index contributed by atoms with van der Waals surface area (Å²) in [6.07, 6.45) is 8.69. The van der Waals surface area contributed by atoms with Crippen LogP contribution in [0.1, 0.15) is 138 Å². The lowest BCUT2D eigenvalue weighted by Crippen LogP contribution is -2.22. The minimum Gasteiger partial charge on any atom is -0.508 e. The van der Waals surface area contributed by atoms with Gasteiger partial charge in [-0.25, -0.2) is 0 Å². The molecule has 0 amide bonds. The van der Waals surface area contributed by atoms with Crippen LogP contribution in [-0.4, -0.2) is 29.4 Å². The standard InChI is InChI=1S/C13H21N.2C11H14O.C7H14.C5H10.2C2H6/c1-11(2)9-14(4)10-13-7-5-6-12(3)8-13;1-9(10(2)12)8-11-6-4-3-5-7-11;1-3-9(2)8-10-4-6-11(12)7-5-10;1-4-5-6-7(2)3;1-4-5(2)3;2*1-2/h5-8,11H,9-10H2,1-4H3;3-7,9H,8H2,1-2H3;3-7,9,12H,1,8H2,2H3;2,4-6H2,1,3H3;2,4H2,1,3H3;2*1-2H3/t;;9-;;;;/m..1..../s1. The number of aromatic hydroxyl groups is 1. The summed E-state index contributed by atoms with van der Waals surface area (Å²) in [5, 5.41) is 9.03. The quantitative estimate of drug-likeness (QED) is 0.167. The van der Waals surface area contributed by atoms with Crippen molar-refractivity contribution in [2.75, 3.05) is 13.6 Å². The zero-order valence-corrected chi connectivity index (χ0v) is 37.9. The Bertz CT molecular complexity index is 1310. The molecule has 3 aromatic rings. The van der Waals surface area contributed by atoms with Crippen molar-refractivity contribution in [2.45, 2.75) is 142 Å². The van der Waals surface area contributed by atoms with Gasteiger partial charge in [-0.1, -0.05) is 165 Å². The first-order valence-corrected chi connectivity index (χ1v) is 20.5. The number of phenolic OH excluding ortho intramolecular Hbond substituents is 1.